The highest BCUT2D eigenvalue weighted by atomic mass is 16.4. The van der Waals surface area contributed by atoms with E-state index in [1.54, 1.807) is 0 Å². The molecule has 2 N–H and O–H groups in total. The van der Waals surface area contributed by atoms with E-state index in [0.29, 0.717) is 0 Å². The van der Waals surface area contributed by atoms with Gasteiger partial charge in [0.1, 0.15) is 0 Å². The molecule has 0 saturated carbocycles. The molecule has 0 aromatic heterocycles. The Kier molecular flexibility index (Phi) is 9.59. The summed E-state index contributed by atoms with van der Waals surface area (Å²) in [7, 11) is 0. The number of rotatable bonds is 10. The van der Waals surface area contributed by atoms with Gasteiger partial charge in [-0.25, -0.2) is 0 Å². The average molecular weight is 216 g/mol. The van der Waals surface area contributed by atoms with Crippen molar-refractivity contribution in [3.05, 3.63) is 0 Å². The SMILES string of the molecule is CCC(CCCCCCCCO)C(=O)O. The van der Waals surface area contributed by atoms with Gasteiger partial charge in [-0.05, 0) is 19.3 Å². The minimum atomic E-state index is -0.655. The maximum atomic E-state index is 10.7. The van der Waals surface area contributed by atoms with E-state index in [9.17, 15) is 4.79 Å². The molecule has 0 spiro atoms. The van der Waals surface area contributed by atoms with Gasteiger partial charge < -0.3 is 10.2 Å². The minimum absolute atomic E-state index is 0.151. The number of carboxylic acids is 1. The van der Waals surface area contributed by atoms with E-state index in [-0.39, 0.29) is 12.5 Å². The maximum absolute atomic E-state index is 10.7. The van der Waals surface area contributed by atoms with E-state index < -0.39 is 5.97 Å². The fraction of sp³-hybridized carbons (Fsp3) is 0.917. The van der Waals surface area contributed by atoms with Crippen molar-refractivity contribution in [3.8, 4) is 0 Å². The smallest absolute Gasteiger partial charge is 0.306 e. The van der Waals surface area contributed by atoms with Crippen molar-refractivity contribution in [1.82, 2.24) is 0 Å². The first-order valence-electron chi connectivity index (χ1n) is 6.06. The number of carbonyl (C=O) groups is 1. The zero-order chi connectivity index (χ0) is 11.5. The van der Waals surface area contributed by atoms with Crippen LogP contribution in [-0.2, 0) is 4.79 Å². The number of unbranched alkanes of at least 4 members (excludes halogenated alkanes) is 5. The Hall–Kier alpha value is -0.570. The zero-order valence-electron chi connectivity index (χ0n) is 9.74. The van der Waals surface area contributed by atoms with Crippen molar-refractivity contribution in [2.45, 2.75) is 58.3 Å². The topological polar surface area (TPSA) is 57.5 Å². The number of aliphatic hydroxyl groups is 1. The summed E-state index contributed by atoms with van der Waals surface area (Å²) in [6.07, 6.45) is 7.99. The van der Waals surface area contributed by atoms with Gasteiger partial charge in [-0.1, -0.05) is 39.0 Å². The van der Waals surface area contributed by atoms with E-state index in [0.717, 1.165) is 51.4 Å². The van der Waals surface area contributed by atoms with Crippen LogP contribution in [0.25, 0.3) is 0 Å². The van der Waals surface area contributed by atoms with Gasteiger partial charge in [-0.3, -0.25) is 4.79 Å². The lowest BCUT2D eigenvalue weighted by atomic mass is 9.98. The van der Waals surface area contributed by atoms with Gasteiger partial charge in [0.25, 0.3) is 0 Å². The number of aliphatic carboxylic acids is 1. The summed E-state index contributed by atoms with van der Waals surface area (Å²) in [5.41, 5.74) is 0. The molecule has 1 unspecified atom stereocenters. The Bertz CT molecular complexity index is 157. The van der Waals surface area contributed by atoms with Crippen molar-refractivity contribution in [3.63, 3.8) is 0 Å². The van der Waals surface area contributed by atoms with Crippen LogP contribution < -0.4 is 0 Å². The molecule has 90 valence electrons. The highest BCUT2D eigenvalue weighted by Gasteiger charge is 2.13. The lowest BCUT2D eigenvalue weighted by molar-refractivity contribution is -0.142. The molecule has 0 aromatic rings. The highest BCUT2D eigenvalue weighted by Crippen LogP contribution is 2.15. The monoisotopic (exact) mass is 216 g/mol. The largest absolute Gasteiger partial charge is 0.481 e. The van der Waals surface area contributed by atoms with Gasteiger partial charge in [0.15, 0.2) is 0 Å². The van der Waals surface area contributed by atoms with Crippen LogP contribution in [-0.4, -0.2) is 22.8 Å². The number of aliphatic hydroxyl groups excluding tert-OH is 1. The molecule has 0 rings (SSSR count). The molecular formula is C12H24O3. The molecule has 0 bridgehead atoms. The fourth-order valence-corrected chi connectivity index (χ4v) is 1.71. The molecule has 0 saturated heterocycles. The number of hydrogen-bond acceptors (Lipinski definition) is 2. The van der Waals surface area contributed by atoms with Gasteiger partial charge in [-0.15, -0.1) is 0 Å². The predicted molar refractivity (Wildman–Crippen MR) is 60.8 cm³/mol. The first-order chi connectivity index (χ1) is 7.22. The van der Waals surface area contributed by atoms with E-state index in [2.05, 4.69) is 0 Å². The van der Waals surface area contributed by atoms with Crippen molar-refractivity contribution < 1.29 is 15.0 Å². The maximum Gasteiger partial charge on any atom is 0.306 e. The molecule has 1 atom stereocenters. The summed E-state index contributed by atoms with van der Waals surface area (Å²) in [4.78, 5) is 10.7. The van der Waals surface area contributed by atoms with Crippen molar-refractivity contribution in [1.29, 1.82) is 0 Å². The Morgan fingerprint density at radius 3 is 2.07 bits per heavy atom. The second-order valence-electron chi connectivity index (χ2n) is 4.08. The molecule has 0 aromatic carbocycles. The average Bonchev–Trinajstić information content (AvgIpc) is 2.21. The van der Waals surface area contributed by atoms with E-state index >= 15 is 0 Å². The Morgan fingerprint density at radius 1 is 1.07 bits per heavy atom. The summed E-state index contributed by atoms with van der Waals surface area (Å²) >= 11 is 0. The third-order valence-electron chi connectivity index (χ3n) is 2.80. The van der Waals surface area contributed by atoms with Crippen molar-refractivity contribution in [2.24, 2.45) is 5.92 Å². The summed E-state index contributed by atoms with van der Waals surface area (Å²) in [6.45, 7) is 2.22. The molecule has 0 aliphatic rings. The van der Waals surface area contributed by atoms with Crippen molar-refractivity contribution in [2.75, 3.05) is 6.61 Å². The van der Waals surface area contributed by atoms with Gasteiger partial charge in [-0.2, -0.15) is 0 Å². The van der Waals surface area contributed by atoms with Gasteiger partial charge in [0.2, 0.25) is 0 Å². The van der Waals surface area contributed by atoms with Crippen LogP contribution >= 0.6 is 0 Å². The molecular weight excluding hydrogens is 192 g/mol. The predicted octanol–water partition coefficient (Wildman–Crippen LogP) is 2.82. The van der Waals surface area contributed by atoms with Crippen LogP contribution in [0.1, 0.15) is 58.3 Å². The summed E-state index contributed by atoms with van der Waals surface area (Å²) in [5.74, 6) is -0.805. The van der Waals surface area contributed by atoms with Gasteiger partial charge in [0.05, 0.1) is 5.92 Å². The quantitative estimate of drug-likeness (QED) is 0.552. The molecule has 0 heterocycles. The Morgan fingerprint density at radius 2 is 1.60 bits per heavy atom. The fourth-order valence-electron chi connectivity index (χ4n) is 1.71. The summed E-state index contributed by atoms with van der Waals surface area (Å²) in [6, 6.07) is 0. The van der Waals surface area contributed by atoms with E-state index in [4.69, 9.17) is 10.2 Å². The standard InChI is InChI=1S/C12H24O3/c1-2-11(12(14)15)9-7-5-3-4-6-8-10-13/h11,13H,2-10H2,1H3,(H,14,15). The normalized spacial score (nSPS) is 12.7. The van der Waals surface area contributed by atoms with Crippen LogP contribution in [0.5, 0.6) is 0 Å². The first kappa shape index (κ1) is 14.4. The number of carboxylic acid groups (broad SMARTS) is 1. The van der Waals surface area contributed by atoms with E-state index in [1.165, 1.54) is 0 Å². The Labute approximate surface area is 92.5 Å². The first-order valence-corrected chi connectivity index (χ1v) is 6.06. The second kappa shape index (κ2) is 9.97. The minimum Gasteiger partial charge on any atom is -0.481 e. The highest BCUT2D eigenvalue weighted by molar-refractivity contribution is 5.69. The molecule has 3 nitrogen and oxygen atoms in total. The molecule has 0 aliphatic heterocycles. The van der Waals surface area contributed by atoms with Crippen LogP contribution in [0.2, 0.25) is 0 Å². The lowest BCUT2D eigenvalue weighted by Crippen LogP contribution is -2.12. The number of hydrogen-bond donors (Lipinski definition) is 2. The third-order valence-corrected chi connectivity index (χ3v) is 2.80. The molecule has 0 amide bonds. The molecule has 15 heavy (non-hydrogen) atoms. The van der Waals surface area contributed by atoms with Crippen LogP contribution in [0.3, 0.4) is 0 Å². The van der Waals surface area contributed by atoms with Crippen LogP contribution in [0.4, 0.5) is 0 Å². The zero-order valence-corrected chi connectivity index (χ0v) is 9.74. The van der Waals surface area contributed by atoms with Crippen LogP contribution in [0.15, 0.2) is 0 Å². The molecule has 0 aliphatic carbocycles. The van der Waals surface area contributed by atoms with E-state index in [1.807, 2.05) is 6.92 Å². The van der Waals surface area contributed by atoms with Gasteiger partial charge >= 0.3 is 5.97 Å². The van der Waals surface area contributed by atoms with Crippen molar-refractivity contribution >= 4 is 5.97 Å². The summed E-state index contributed by atoms with van der Waals surface area (Å²) in [5, 5.41) is 17.4. The molecule has 3 heteroatoms. The summed E-state index contributed by atoms with van der Waals surface area (Å²) < 4.78 is 0. The lowest BCUT2D eigenvalue weighted by Gasteiger charge is -2.08. The molecule has 0 radical (unpaired) electrons. The van der Waals surface area contributed by atoms with Gasteiger partial charge in [0, 0.05) is 6.61 Å². The molecule has 0 fully saturated rings. The second-order valence-corrected chi connectivity index (χ2v) is 4.08. The Balaban J connectivity index is 3.25. The third kappa shape index (κ3) is 8.43. The van der Waals surface area contributed by atoms with Crippen LogP contribution in [0, 0.1) is 5.92 Å².